The van der Waals surface area contributed by atoms with Crippen molar-refractivity contribution in [3.63, 3.8) is 0 Å². The van der Waals surface area contributed by atoms with Crippen molar-refractivity contribution in [1.29, 1.82) is 0 Å². The SMILES string of the molecule is CCCN(CCC)c1nn(-c2ccc(C(=O)NS(=O)(=O)c3ccc4cccc(Cl)c4c3)cc2C(=O)N2Cc3ccccc3C[C@H]2CN=[N+]=[N-])c(C)c1Cl. The van der Waals surface area contributed by atoms with Crippen LogP contribution in [0.2, 0.25) is 10.0 Å². The van der Waals surface area contributed by atoms with Crippen LogP contribution >= 0.6 is 23.2 Å². The number of fused-ring (bicyclic) bond motifs is 2. The van der Waals surface area contributed by atoms with Gasteiger partial charge in [-0.15, -0.1) is 5.10 Å². The van der Waals surface area contributed by atoms with Crippen molar-refractivity contribution in [2.45, 2.75) is 57.5 Å². The van der Waals surface area contributed by atoms with Gasteiger partial charge in [0.2, 0.25) is 0 Å². The summed E-state index contributed by atoms with van der Waals surface area (Å²) in [4.78, 5) is 35.1. The molecule has 0 fully saturated rings. The van der Waals surface area contributed by atoms with Crippen LogP contribution in [0.3, 0.4) is 0 Å². The molecule has 0 saturated carbocycles. The van der Waals surface area contributed by atoms with Gasteiger partial charge < -0.3 is 9.80 Å². The molecule has 0 saturated heterocycles. The fourth-order valence-corrected chi connectivity index (χ4v) is 8.17. The maximum absolute atomic E-state index is 14.8. The third-order valence-corrected chi connectivity index (χ3v) is 11.4. The Bertz CT molecular complexity index is 2370. The Kier molecular flexibility index (Phi) is 11.3. The number of hydrogen-bond acceptors (Lipinski definition) is 7. The molecule has 0 bridgehead atoms. The van der Waals surface area contributed by atoms with Gasteiger partial charge in [-0.25, -0.2) is 17.8 Å². The molecule has 1 N–H and O–H groups in total. The van der Waals surface area contributed by atoms with E-state index in [4.69, 9.17) is 28.3 Å². The molecule has 0 aliphatic carbocycles. The van der Waals surface area contributed by atoms with Gasteiger partial charge in [0.15, 0.2) is 5.82 Å². The molecule has 274 valence electrons. The van der Waals surface area contributed by atoms with Crippen molar-refractivity contribution >= 4 is 61.6 Å². The standard InChI is InChI=1S/C38H38Cl2N8O4S/c1-4-17-46(18-5-2)36-35(40)24(3)48(43-36)34-16-14-27(37(49)44-53(51,52)30-15-13-25-11-8-12-33(39)31(25)21-30)20-32(34)38(50)47-23-28-10-7-6-9-26(28)19-29(47)22-42-45-41/h6-16,20-21,29H,4-5,17-19,22-23H2,1-3H3,(H,44,49)/t29-/m0/s1. The summed E-state index contributed by atoms with van der Waals surface area (Å²) in [7, 11) is -4.35. The molecule has 12 nitrogen and oxygen atoms in total. The normalized spacial score (nSPS) is 14.1. The maximum atomic E-state index is 14.8. The van der Waals surface area contributed by atoms with E-state index >= 15 is 0 Å². The van der Waals surface area contributed by atoms with Gasteiger partial charge in [0.1, 0.15) is 5.02 Å². The van der Waals surface area contributed by atoms with Crippen molar-refractivity contribution in [3.05, 3.63) is 127 Å². The van der Waals surface area contributed by atoms with E-state index in [0.717, 1.165) is 42.4 Å². The minimum Gasteiger partial charge on any atom is -0.354 e. The third kappa shape index (κ3) is 7.70. The van der Waals surface area contributed by atoms with E-state index in [1.54, 1.807) is 46.8 Å². The second-order valence-corrected chi connectivity index (χ2v) is 15.4. The average Bonchev–Trinajstić information content (AvgIpc) is 3.45. The van der Waals surface area contributed by atoms with E-state index in [1.807, 2.05) is 24.3 Å². The van der Waals surface area contributed by atoms with Crippen LogP contribution in [0.5, 0.6) is 0 Å². The second kappa shape index (κ2) is 15.9. The summed E-state index contributed by atoms with van der Waals surface area (Å²) in [6.07, 6.45) is 2.19. The minimum absolute atomic E-state index is 0.0277. The predicted octanol–water partition coefficient (Wildman–Crippen LogP) is 8.26. The number of anilines is 1. The molecule has 2 heterocycles. The molecule has 6 rings (SSSR count). The molecule has 15 heteroatoms. The minimum atomic E-state index is -4.35. The van der Waals surface area contributed by atoms with Crippen LogP contribution in [0.25, 0.3) is 26.9 Å². The first kappa shape index (κ1) is 37.7. The van der Waals surface area contributed by atoms with E-state index in [9.17, 15) is 23.5 Å². The van der Waals surface area contributed by atoms with E-state index in [1.165, 1.54) is 24.3 Å². The van der Waals surface area contributed by atoms with Crippen LogP contribution in [0.15, 0.2) is 88.9 Å². The van der Waals surface area contributed by atoms with Gasteiger partial charge in [-0.1, -0.05) is 84.6 Å². The maximum Gasteiger partial charge on any atom is 0.265 e. The number of halogens is 2. The van der Waals surface area contributed by atoms with E-state index in [-0.39, 0.29) is 29.1 Å². The molecular formula is C38H38Cl2N8O4S. The third-order valence-electron chi connectivity index (χ3n) is 9.34. The summed E-state index contributed by atoms with van der Waals surface area (Å²) in [5.41, 5.74) is 12.1. The van der Waals surface area contributed by atoms with Crippen LogP contribution in [0.1, 0.15) is 64.2 Å². The first-order valence-electron chi connectivity index (χ1n) is 17.3. The molecule has 1 atom stereocenters. The molecule has 2 amide bonds. The predicted molar refractivity (Wildman–Crippen MR) is 208 cm³/mol. The Morgan fingerprint density at radius 2 is 1.74 bits per heavy atom. The van der Waals surface area contributed by atoms with Crippen LogP contribution in [-0.4, -0.2) is 60.6 Å². The lowest BCUT2D eigenvalue weighted by molar-refractivity contribution is 0.0647. The topological polar surface area (TPSA) is 153 Å². The zero-order valence-electron chi connectivity index (χ0n) is 29.5. The molecule has 1 aromatic heterocycles. The Morgan fingerprint density at radius 1 is 1.00 bits per heavy atom. The van der Waals surface area contributed by atoms with E-state index in [2.05, 4.69) is 33.5 Å². The van der Waals surface area contributed by atoms with Crippen LogP contribution in [-0.2, 0) is 23.0 Å². The van der Waals surface area contributed by atoms with Crippen LogP contribution in [0, 0.1) is 6.92 Å². The van der Waals surface area contributed by atoms with Crippen molar-refractivity contribution in [1.82, 2.24) is 19.4 Å². The second-order valence-electron chi connectivity index (χ2n) is 12.9. The zero-order valence-corrected chi connectivity index (χ0v) is 31.8. The first-order chi connectivity index (χ1) is 25.5. The van der Waals surface area contributed by atoms with Gasteiger partial charge in [-0.3, -0.25) is 9.59 Å². The smallest absolute Gasteiger partial charge is 0.265 e. The van der Waals surface area contributed by atoms with Crippen molar-refractivity contribution in [2.75, 3.05) is 24.5 Å². The highest BCUT2D eigenvalue weighted by atomic mass is 35.5. The van der Waals surface area contributed by atoms with Gasteiger partial charge in [0.25, 0.3) is 21.8 Å². The van der Waals surface area contributed by atoms with Crippen molar-refractivity contribution < 1.29 is 18.0 Å². The van der Waals surface area contributed by atoms with Crippen LogP contribution < -0.4 is 9.62 Å². The fourth-order valence-electron chi connectivity index (χ4n) is 6.70. The Labute approximate surface area is 318 Å². The number of benzene rings is 4. The quantitative estimate of drug-likeness (QED) is 0.0765. The number of aromatic nitrogens is 2. The Balaban J connectivity index is 1.44. The van der Waals surface area contributed by atoms with Crippen molar-refractivity contribution in [2.24, 2.45) is 5.11 Å². The largest absolute Gasteiger partial charge is 0.354 e. The number of nitrogens with zero attached hydrogens (tertiary/aromatic N) is 7. The van der Waals surface area contributed by atoms with Crippen molar-refractivity contribution in [3.8, 4) is 5.69 Å². The van der Waals surface area contributed by atoms with Gasteiger partial charge in [0.05, 0.1) is 21.8 Å². The summed E-state index contributed by atoms with van der Waals surface area (Å²) in [5.74, 6) is -0.823. The number of amides is 2. The first-order valence-corrected chi connectivity index (χ1v) is 19.5. The fraction of sp³-hybridized carbons (Fsp3) is 0.289. The summed E-state index contributed by atoms with van der Waals surface area (Å²) in [6, 6.07) is 21.3. The zero-order chi connectivity index (χ0) is 37.9. The molecule has 4 aromatic carbocycles. The molecule has 1 aliphatic heterocycles. The lowest BCUT2D eigenvalue weighted by atomic mass is 9.93. The summed E-state index contributed by atoms with van der Waals surface area (Å²) < 4.78 is 30.8. The van der Waals surface area contributed by atoms with Gasteiger partial charge in [-0.05, 0) is 84.6 Å². The van der Waals surface area contributed by atoms with Gasteiger partial charge in [0, 0.05) is 53.1 Å². The highest BCUT2D eigenvalue weighted by Crippen LogP contribution is 2.34. The van der Waals surface area contributed by atoms with E-state index in [0.29, 0.717) is 39.1 Å². The number of azide groups is 1. The molecule has 0 spiro atoms. The van der Waals surface area contributed by atoms with E-state index < -0.39 is 27.9 Å². The molecule has 1 aliphatic rings. The summed E-state index contributed by atoms with van der Waals surface area (Å²) >= 11 is 13.2. The molecule has 53 heavy (non-hydrogen) atoms. The molecule has 0 unspecified atom stereocenters. The summed E-state index contributed by atoms with van der Waals surface area (Å²) in [5, 5.41) is 10.7. The molecule has 5 aromatic rings. The average molecular weight is 774 g/mol. The summed E-state index contributed by atoms with van der Waals surface area (Å²) in [6.45, 7) is 7.63. The number of sulfonamides is 1. The lowest BCUT2D eigenvalue weighted by Crippen LogP contribution is -2.46. The number of rotatable bonds is 12. The van der Waals surface area contributed by atoms with Crippen LogP contribution in [0.4, 0.5) is 5.82 Å². The highest BCUT2D eigenvalue weighted by Gasteiger charge is 2.33. The monoisotopic (exact) mass is 772 g/mol. The van der Waals surface area contributed by atoms with Gasteiger partial charge in [-0.2, -0.15) is 0 Å². The Hall–Kier alpha value is -5.07. The lowest BCUT2D eigenvalue weighted by Gasteiger charge is -2.36. The molecular weight excluding hydrogens is 735 g/mol. The molecule has 0 radical (unpaired) electrons. The Morgan fingerprint density at radius 3 is 2.45 bits per heavy atom. The number of nitrogens with one attached hydrogen (secondary N) is 1. The number of hydrogen-bond donors (Lipinski definition) is 1. The number of carbonyl (C=O) groups excluding carboxylic acids is 2. The number of carbonyl (C=O) groups is 2. The highest BCUT2D eigenvalue weighted by molar-refractivity contribution is 7.90. The van der Waals surface area contributed by atoms with Gasteiger partial charge >= 0.3 is 0 Å².